The van der Waals surface area contributed by atoms with E-state index < -0.39 is 0 Å². The van der Waals surface area contributed by atoms with Crippen LogP contribution in [0.25, 0.3) is 22.5 Å². The molecule has 0 spiro atoms. The van der Waals surface area contributed by atoms with Gasteiger partial charge in [0.15, 0.2) is 0 Å². The summed E-state index contributed by atoms with van der Waals surface area (Å²) in [4.78, 5) is 17.5. The van der Waals surface area contributed by atoms with Gasteiger partial charge in [0.2, 0.25) is 0 Å². The summed E-state index contributed by atoms with van der Waals surface area (Å²) in [5.74, 6) is 3.47. The third-order valence-electron chi connectivity index (χ3n) is 7.99. The topological polar surface area (TPSA) is 109 Å². The normalized spacial score (nSPS) is 10.3. The first-order valence-corrected chi connectivity index (χ1v) is 16.4. The van der Waals surface area contributed by atoms with Crippen molar-refractivity contribution in [2.75, 3.05) is 28.4 Å². The zero-order valence-corrected chi connectivity index (χ0v) is 30.4. The van der Waals surface area contributed by atoms with Gasteiger partial charge in [-0.25, -0.2) is 19.9 Å². The zero-order valence-electron chi connectivity index (χ0n) is 28.8. The van der Waals surface area contributed by atoms with Crippen LogP contribution in [0.4, 0.5) is 0 Å². The summed E-state index contributed by atoms with van der Waals surface area (Å²) in [7, 11) is 6.55. The molecule has 0 saturated carbocycles. The van der Waals surface area contributed by atoms with E-state index in [9.17, 15) is 5.11 Å². The summed E-state index contributed by atoms with van der Waals surface area (Å²) in [6.45, 7) is -0.0623. The van der Waals surface area contributed by atoms with Crippen LogP contribution in [-0.4, -0.2) is 53.5 Å². The van der Waals surface area contributed by atoms with Crippen LogP contribution in [0.1, 0.15) is 33.6 Å². The lowest BCUT2D eigenvalue weighted by Gasteiger charge is -2.10. The first kappa shape index (κ1) is 38.6. The Labute approximate surface area is 309 Å². The number of halogens is 2. The molecule has 11 heteroatoms. The second kappa shape index (κ2) is 19.2. The first-order chi connectivity index (χ1) is 24.5. The molecule has 1 N–H and O–H groups in total. The molecular formula is C40H39Cl2N4O5-. The molecule has 0 atom stereocenters. The third kappa shape index (κ3) is 9.94. The molecule has 0 aliphatic carbocycles. The van der Waals surface area contributed by atoms with E-state index in [-0.39, 0.29) is 19.0 Å². The minimum absolute atomic E-state index is 0. The molecule has 2 heterocycles. The van der Waals surface area contributed by atoms with Gasteiger partial charge in [-0.2, -0.15) is 0 Å². The van der Waals surface area contributed by atoms with E-state index in [0.717, 1.165) is 73.4 Å². The molecule has 0 unspecified atom stereocenters. The minimum atomic E-state index is -0.0623. The summed E-state index contributed by atoms with van der Waals surface area (Å²) < 4.78 is 21.4. The Kier molecular flexibility index (Phi) is 14.6. The molecule has 6 aromatic rings. The van der Waals surface area contributed by atoms with E-state index in [4.69, 9.17) is 30.5 Å². The summed E-state index contributed by atoms with van der Waals surface area (Å²) in [5.41, 5.74) is 9.28. The Morgan fingerprint density at radius 2 is 0.961 bits per heavy atom. The second-order valence-corrected chi connectivity index (χ2v) is 11.4. The Hall–Kier alpha value is -5.22. The van der Waals surface area contributed by atoms with Crippen molar-refractivity contribution < 1.29 is 36.5 Å². The second-order valence-electron chi connectivity index (χ2n) is 11.1. The number of rotatable bonds is 12. The number of benzene rings is 4. The molecule has 6 rings (SSSR count). The number of ether oxygens (including phenoxy) is 4. The molecule has 51 heavy (non-hydrogen) atoms. The molecule has 0 fully saturated rings. The Bertz CT molecular complexity index is 1880. The molecule has 0 amide bonds. The number of methoxy groups -OCH3 is 4. The van der Waals surface area contributed by atoms with Crippen LogP contribution >= 0.6 is 11.6 Å². The lowest BCUT2D eigenvalue weighted by Crippen LogP contribution is -3.00. The highest BCUT2D eigenvalue weighted by Crippen LogP contribution is 2.30. The molecule has 264 valence electrons. The summed E-state index contributed by atoms with van der Waals surface area (Å²) in [5, 5.41) is 9.47. The molecule has 0 saturated heterocycles. The van der Waals surface area contributed by atoms with Crippen molar-refractivity contribution in [1.82, 2.24) is 19.9 Å². The van der Waals surface area contributed by atoms with E-state index in [1.165, 1.54) is 0 Å². The van der Waals surface area contributed by atoms with Gasteiger partial charge in [-0.15, -0.1) is 11.6 Å². The van der Waals surface area contributed by atoms with Crippen molar-refractivity contribution in [1.29, 1.82) is 0 Å². The molecule has 0 radical (unpaired) electrons. The van der Waals surface area contributed by atoms with E-state index in [2.05, 4.69) is 26.0 Å². The number of hydrogen-bond donors (Lipinski definition) is 1. The number of hydrogen-bond acceptors (Lipinski definition) is 9. The highest BCUT2D eigenvalue weighted by molar-refractivity contribution is 6.17. The number of para-hydroxylation sites is 2. The maximum atomic E-state index is 9.47. The van der Waals surface area contributed by atoms with E-state index in [1.807, 2.05) is 91.0 Å². The molecular weight excluding hydrogens is 687 g/mol. The van der Waals surface area contributed by atoms with Crippen molar-refractivity contribution in [3.8, 4) is 45.5 Å². The van der Waals surface area contributed by atoms with Crippen molar-refractivity contribution >= 4 is 11.6 Å². The molecule has 0 bridgehead atoms. The molecule has 0 aliphatic heterocycles. The highest BCUT2D eigenvalue weighted by atomic mass is 35.5. The van der Waals surface area contributed by atoms with E-state index >= 15 is 0 Å². The molecule has 2 aromatic heterocycles. The predicted octanol–water partition coefficient (Wildman–Crippen LogP) is 4.74. The van der Waals surface area contributed by atoms with Crippen LogP contribution in [0.15, 0.2) is 110 Å². The maximum absolute atomic E-state index is 9.47. The van der Waals surface area contributed by atoms with Gasteiger partial charge in [0.1, 0.15) is 35.7 Å². The Balaban J connectivity index is 0.000000224. The fourth-order valence-electron chi connectivity index (χ4n) is 5.53. The molecule has 4 aromatic carbocycles. The van der Waals surface area contributed by atoms with Gasteiger partial charge in [-0.3, -0.25) is 0 Å². The van der Waals surface area contributed by atoms with Gasteiger partial charge in [0.25, 0.3) is 0 Å². The van der Waals surface area contributed by atoms with Crippen molar-refractivity contribution in [3.05, 3.63) is 143 Å². The van der Waals surface area contributed by atoms with Crippen LogP contribution in [-0.2, 0) is 25.3 Å². The first-order valence-electron chi connectivity index (χ1n) is 15.9. The molecule has 9 nitrogen and oxygen atoms in total. The van der Waals surface area contributed by atoms with Gasteiger partial charge in [-0.1, -0.05) is 42.5 Å². The third-order valence-corrected chi connectivity index (χ3v) is 8.28. The fraction of sp³-hybridized carbons (Fsp3) is 0.200. The number of aliphatic hydroxyl groups excluding tert-OH is 1. The quantitative estimate of drug-likeness (QED) is 0.179. The lowest BCUT2D eigenvalue weighted by molar-refractivity contribution is -0.0000125. The van der Waals surface area contributed by atoms with Crippen molar-refractivity contribution in [2.24, 2.45) is 0 Å². The summed E-state index contributed by atoms with van der Waals surface area (Å²) >= 11 is 6.00. The molecule has 0 aliphatic rings. The predicted molar refractivity (Wildman–Crippen MR) is 195 cm³/mol. The Morgan fingerprint density at radius 3 is 1.39 bits per heavy atom. The fourth-order valence-corrected chi connectivity index (χ4v) is 5.73. The van der Waals surface area contributed by atoms with Crippen LogP contribution in [0.5, 0.6) is 23.0 Å². The maximum Gasteiger partial charge on any atom is 0.128 e. The number of nitrogens with zero attached hydrogens (tertiary/aromatic N) is 4. The summed E-state index contributed by atoms with van der Waals surface area (Å²) in [6, 6.07) is 31.3. The average Bonchev–Trinajstić information content (AvgIpc) is 3.18. The van der Waals surface area contributed by atoms with Crippen LogP contribution in [0.2, 0.25) is 0 Å². The van der Waals surface area contributed by atoms with Gasteiger partial charge in [-0.05, 0) is 65.7 Å². The highest BCUT2D eigenvalue weighted by Gasteiger charge is 2.11. The summed E-state index contributed by atoms with van der Waals surface area (Å²) in [6.07, 6.45) is 4.48. The van der Waals surface area contributed by atoms with E-state index in [0.29, 0.717) is 24.5 Å². The largest absolute Gasteiger partial charge is 1.00 e. The van der Waals surface area contributed by atoms with Gasteiger partial charge in [0.05, 0.1) is 52.3 Å². The number of aliphatic hydroxyl groups is 1. The van der Waals surface area contributed by atoms with Crippen molar-refractivity contribution in [3.63, 3.8) is 0 Å². The standard InChI is InChI=1S/C20H19ClN2O2.C20H20N2O3.ClH/c1-24-19-8-7-14(9-15(19)12-21)10-16-11-18(23-13-22-16)17-5-3-4-6-20(17)25-2;1-24-19-8-7-14(9-15(19)12-23)10-16-11-18(22-13-21-16)17-5-3-4-6-20(17)25-2;/h3-9,11,13H,10,12H2,1-2H3;3-9,11,13,23H,10,12H2,1-2H3;1H/p-1. The minimum Gasteiger partial charge on any atom is -1.00 e. The average molecular weight is 727 g/mol. The van der Waals surface area contributed by atoms with Gasteiger partial charge < -0.3 is 36.5 Å². The van der Waals surface area contributed by atoms with Crippen molar-refractivity contribution in [2.45, 2.75) is 25.3 Å². The van der Waals surface area contributed by atoms with E-state index in [1.54, 1.807) is 41.1 Å². The van der Waals surface area contributed by atoms with Crippen LogP contribution < -0.4 is 31.4 Å². The smallest absolute Gasteiger partial charge is 0.128 e. The van der Waals surface area contributed by atoms with Gasteiger partial charge in [0, 0.05) is 46.5 Å². The SMILES string of the molecule is COc1ccc(Cc2cc(-c3ccccc3OC)ncn2)cc1CCl.COc1ccc(Cc2cc(-c3ccccc3OC)ncn2)cc1CO.[Cl-]. The Morgan fingerprint density at radius 1 is 0.529 bits per heavy atom. The van der Waals surface area contributed by atoms with Gasteiger partial charge >= 0.3 is 0 Å². The number of aromatic nitrogens is 4. The zero-order chi connectivity index (χ0) is 35.3. The monoisotopic (exact) mass is 725 g/mol. The number of alkyl halides is 1. The lowest BCUT2D eigenvalue weighted by atomic mass is 10.0. The van der Waals surface area contributed by atoms with Crippen LogP contribution in [0.3, 0.4) is 0 Å². The van der Waals surface area contributed by atoms with Crippen LogP contribution in [0, 0.1) is 0 Å².